The van der Waals surface area contributed by atoms with Gasteiger partial charge in [-0.25, -0.2) is 18.4 Å². The van der Waals surface area contributed by atoms with E-state index in [1.165, 1.54) is 23.1 Å². The molecule has 10 nitrogen and oxygen atoms in total. The molecule has 0 atom stereocenters. The zero-order chi connectivity index (χ0) is 27.7. The first-order chi connectivity index (χ1) is 17.8. The lowest BCUT2D eigenvalue weighted by Gasteiger charge is -2.32. The number of thiophene rings is 1. The van der Waals surface area contributed by atoms with E-state index < -0.39 is 15.6 Å². The predicted octanol–water partition coefficient (Wildman–Crippen LogP) is 3.18. The molecule has 1 aromatic carbocycles. The smallest absolute Gasteiger partial charge is 0.263 e. The van der Waals surface area contributed by atoms with Crippen molar-refractivity contribution in [3.05, 3.63) is 29.1 Å². The van der Waals surface area contributed by atoms with Gasteiger partial charge in [0.25, 0.3) is 5.91 Å². The second-order valence-corrected chi connectivity index (χ2v) is 14.0. The Kier molecular flexibility index (Phi) is 8.52. The summed E-state index contributed by atoms with van der Waals surface area (Å²) < 4.78 is 28.5. The minimum Gasteiger partial charge on any atom is -0.397 e. The highest BCUT2D eigenvalue weighted by atomic mass is 32.2. The van der Waals surface area contributed by atoms with Crippen LogP contribution in [0.5, 0.6) is 0 Å². The number of nitrogens with two attached hydrogens (primary N) is 1. The number of likely N-dealkylation sites (N-methyl/N-ethyl adjacent to an activating group) is 1. The number of rotatable bonds is 8. The molecule has 1 saturated heterocycles. The number of hydrogen-bond donors (Lipinski definition) is 3. The number of aromatic nitrogens is 2. The van der Waals surface area contributed by atoms with Crippen LogP contribution in [0.1, 0.15) is 30.4 Å². The number of fused-ring (bicyclic) bond motifs is 1. The maximum Gasteiger partial charge on any atom is 0.263 e. The van der Waals surface area contributed by atoms with Crippen LogP contribution in [0.3, 0.4) is 0 Å². The summed E-state index contributed by atoms with van der Waals surface area (Å²) in [6.07, 6.45) is 1.88. The number of carbonyl (C=O) groups excluding carboxylic acids is 1. The van der Waals surface area contributed by atoms with Crippen LogP contribution >= 0.6 is 23.1 Å². The standard InChI is InChI=1S/C25H35N7O3S3/c1-25(2,3)29-22(33)21-19(26)18-20(27-24(36-5)28-23(18)37-21)16-7-6-8-17(15-16)30-38(34,35)14-13-32-11-9-31(4)10-12-32/h6-8,15,30H,9-14,26H2,1-5H3,(H,29,33). The molecule has 13 heteroatoms. The van der Waals surface area contributed by atoms with Gasteiger partial charge in [-0.15, -0.1) is 11.3 Å². The number of sulfonamides is 1. The summed E-state index contributed by atoms with van der Waals surface area (Å²) in [6.45, 7) is 9.80. The van der Waals surface area contributed by atoms with Gasteiger partial charge in [0.2, 0.25) is 10.0 Å². The Morgan fingerprint density at radius 3 is 2.55 bits per heavy atom. The van der Waals surface area contributed by atoms with E-state index in [-0.39, 0.29) is 11.7 Å². The first-order valence-electron chi connectivity index (χ1n) is 12.3. The number of carbonyl (C=O) groups is 1. The second kappa shape index (κ2) is 11.3. The fourth-order valence-electron chi connectivity index (χ4n) is 4.15. The monoisotopic (exact) mass is 577 g/mol. The van der Waals surface area contributed by atoms with Gasteiger partial charge in [0, 0.05) is 49.5 Å². The van der Waals surface area contributed by atoms with Gasteiger partial charge in [-0.2, -0.15) is 0 Å². The summed E-state index contributed by atoms with van der Waals surface area (Å²) in [5, 5.41) is 4.08. The van der Waals surface area contributed by atoms with Crippen molar-refractivity contribution in [2.24, 2.45) is 0 Å². The van der Waals surface area contributed by atoms with Crippen LogP contribution in [0.25, 0.3) is 21.5 Å². The number of hydrogen-bond acceptors (Lipinski definition) is 10. The van der Waals surface area contributed by atoms with E-state index in [2.05, 4.69) is 31.9 Å². The molecule has 1 aliphatic rings. The molecule has 38 heavy (non-hydrogen) atoms. The molecule has 3 aromatic rings. The minimum absolute atomic E-state index is 0.0129. The molecule has 0 bridgehead atoms. The van der Waals surface area contributed by atoms with Gasteiger partial charge in [0.05, 0.1) is 22.5 Å². The van der Waals surface area contributed by atoms with Crippen LogP contribution in [0, 0.1) is 0 Å². The number of thioether (sulfide) groups is 1. The molecule has 1 fully saturated rings. The molecule has 4 N–H and O–H groups in total. The van der Waals surface area contributed by atoms with E-state index in [0.717, 1.165) is 26.2 Å². The van der Waals surface area contributed by atoms with E-state index in [1.54, 1.807) is 18.2 Å². The lowest BCUT2D eigenvalue weighted by atomic mass is 10.1. The molecule has 1 aliphatic heterocycles. The van der Waals surface area contributed by atoms with Gasteiger partial charge < -0.3 is 16.0 Å². The van der Waals surface area contributed by atoms with Crippen LogP contribution in [0.15, 0.2) is 29.4 Å². The quantitative estimate of drug-likeness (QED) is 0.273. The van der Waals surface area contributed by atoms with Crippen molar-refractivity contribution >= 4 is 60.6 Å². The largest absolute Gasteiger partial charge is 0.397 e. The number of benzene rings is 1. The van der Waals surface area contributed by atoms with Crippen LogP contribution in [-0.2, 0) is 10.0 Å². The molecule has 2 aromatic heterocycles. The first-order valence-corrected chi connectivity index (χ1v) is 16.0. The highest BCUT2D eigenvalue weighted by Crippen LogP contribution is 2.40. The SMILES string of the molecule is CSc1nc(-c2cccc(NS(=O)(=O)CCN3CCN(C)CC3)c2)c2c(N)c(C(=O)NC(C)(C)C)sc2n1. The summed E-state index contributed by atoms with van der Waals surface area (Å²) in [6, 6.07) is 7.07. The Bertz CT molecular complexity index is 1430. The Balaban J connectivity index is 1.62. The van der Waals surface area contributed by atoms with Crippen molar-refractivity contribution in [1.29, 1.82) is 0 Å². The Morgan fingerprint density at radius 1 is 1.18 bits per heavy atom. The average molecular weight is 578 g/mol. The van der Waals surface area contributed by atoms with Crippen LogP contribution in [0.2, 0.25) is 0 Å². The van der Waals surface area contributed by atoms with E-state index in [9.17, 15) is 13.2 Å². The van der Waals surface area contributed by atoms with Crippen molar-refractivity contribution in [2.45, 2.75) is 31.5 Å². The third-order valence-electron chi connectivity index (χ3n) is 6.13. The van der Waals surface area contributed by atoms with Crippen LogP contribution in [0.4, 0.5) is 11.4 Å². The van der Waals surface area contributed by atoms with E-state index in [1.807, 2.05) is 33.1 Å². The van der Waals surface area contributed by atoms with Crippen molar-refractivity contribution in [2.75, 3.05) is 62.2 Å². The summed E-state index contributed by atoms with van der Waals surface area (Å²) >= 11 is 2.61. The molecule has 0 spiro atoms. The number of piperazine rings is 1. The van der Waals surface area contributed by atoms with E-state index in [0.29, 0.717) is 49.4 Å². The lowest BCUT2D eigenvalue weighted by molar-refractivity contribution is 0.0924. The fraction of sp³-hybridized carbons (Fsp3) is 0.480. The topological polar surface area (TPSA) is 134 Å². The van der Waals surface area contributed by atoms with Crippen molar-refractivity contribution < 1.29 is 13.2 Å². The number of nitrogens with one attached hydrogen (secondary N) is 2. The summed E-state index contributed by atoms with van der Waals surface area (Å²) in [7, 11) is -1.48. The molecule has 0 saturated carbocycles. The molecular weight excluding hydrogens is 543 g/mol. The number of nitrogens with zero attached hydrogens (tertiary/aromatic N) is 4. The number of anilines is 2. The molecule has 1 amide bonds. The minimum atomic E-state index is -3.55. The summed E-state index contributed by atoms with van der Waals surface area (Å²) in [5.74, 6) is -0.254. The van der Waals surface area contributed by atoms with Gasteiger partial charge in [-0.05, 0) is 46.2 Å². The summed E-state index contributed by atoms with van der Waals surface area (Å²) in [4.78, 5) is 27.6. The maximum absolute atomic E-state index is 12.9. The molecule has 206 valence electrons. The first kappa shape index (κ1) is 28.6. The van der Waals surface area contributed by atoms with E-state index >= 15 is 0 Å². The van der Waals surface area contributed by atoms with Crippen LogP contribution < -0.4 is 15.8 Å². The van der Waals surface area contributed by atoms with Gasteiger partial charge in [-0.1, -0.05) is 23.9 Å². The lowest BCUT2D eigenvalue weighted by Crippen LogP contribution is -2.46. The van der Waals surface area contributed by atoms with Gasteiger partial charge in [0.1, 0.15) is 9.71 Å². The Labute approximate surface area is 232 Å². The van der Waals surface area contributed by atoms with Crippen LogP contribution in [-0.4, -0.2) is 91.4 Å². The van der Waals surface area contributed by atoms with Gasteiger partial charge >= 0.3 is 0 Å². The molecule has 3 heterocycles. The normalized spacial score (nSPS) is 15.6. The van der Waals surface area contributed by atoms with Gasteiger partial charge in [-0.3, -0.25) is 14.4 Å². The van der Waals surface area contributed by atoms with Gasteiger partial charge in [0.15, 0.2) is 5.16 Å². The highest BCUT2D eigenvalue weighted by Gasteiger charge is 2.25. The molecule has 0 unspecified atom stereocenters. The third-order valence-corrected chi connectivity index (χ3v) is 9.04. The van der Waals surface area contributed by atoms with E-state index in [4.69, 9.17) is 10.7 Å². The highest BCUT2D eigenvalue weighted by molar-refractivity contribution is 7.98. The molecule has 4 rings (SSSR count). The Hall–Kier alpha value is -2.45. The van der Waals surface area contributed by atoms with Crippen molar-refractivity contribution in [1.82, 2.24) is 25.1 Å². The van der Waals surface area contributed by atoms with Crippen molar-refractivity contribution in [3.8, 4) is 11.3 Å². The molecule has 0 aliphatic carbocycles. The molecule has 0 radical (unpaired) electrons. The maximum atomic E-state index is 12.9. The third kappa shape index (κ3) is 6.94. The Morgan fingerprint density at radius 2 is 1.89 bits per heavy atom. The van der Waals surface area contributed by atoms with Crippen molar-refractivity contribution in [3.63, 3.8) is 0 Å². The molecular formula is C25H35N7O3S3. The zero-order valence-corrected chi connectivity index (χ0v) is 24.8. The zero-order valence-electron chi connectivity index (χ0n) is 22.4. The average Bonchev–Trinajstić information content (AvgIpc) is 3.18. The fourth-order valence-corrected chi connectivity index (χ4v) is 6.65. The predicted molar refractivity (Wildman–Crippen MR) is 158 cm³/mol. The summed E-state index contributed by atoms with van der Waals surface area (Å²) in [5.41, 5.74) is 8.06. The second-order valence-electron chi connectivity index (χ2n) is 10.4. The number of nitrogen functional groups attached to an aromatic ring is 1. The number of amides is 1.